The molecule has 0 aliphatic heterocycles. The van der Waals surface area contributed by atoms with Gasteiger partial charge in [0, 0.05) is 11.1 Å². The largest absolute Gasteiger partial charge is 0.496 e. The van der Waals surface area contributed by atoms with Crippen molar-refractivity contribution in [1.29, 1.82) is 0 Å². The molecule has 1 N–H and O–H groups in total. The highest BCUT2D eigenvalue weighted by molar-refractivity contribution is 5.83. The van der Waals surface area contributed by atoms with E-state index in [1.165, 1.54) is 0 Å². The molecule has 0 fully saturated rings. The van der Waals surface area contributed by atoms with Crippen LogP contribution in [0.15, 0.2) is 12.1 Å². The van der Waals surface area contributed by atoms with Gasteiger partial charge in [0.25, 0.3) is 0 Å². The normalized spacial score (nSPS) is 17.6. The maximum absolute atomic E-state index is 10.9. The molecule has 0 radical (unpaired) electrons. The van der Waals surface area contributed by atoms with Gasteiger partial charge in [0.1, 0.15) is 11.5 Å². The van der Waals surface area contributed by atoms with Gasteiger partial charge in [-0.25, -0.2) is 0 Å². The Morgan fingerprint density at radius 2 is 1.93 bits per heavy atom. The number of carbonyl (C=O) groups is 1. The Kier molecular flexibility index (Phi) is 2.26. The molecule has 2 rings (SSSR count). The molecule has 1 aromatic rings. The molecule has 0 bridgehead atoms. The van der Waals surface area contributed by atoms with Crippen molar-refractivity contribution in [2.45, 2.75) is 12.3 Å². The van der Waals surface area contributed by atoms with Gasteiger partial charge in [0.05, 0.1) is 20.1 Å². The first-order valence-corrected chi connectivity index (χ1v) is 4.65. The van der Waals surface area contributed by atoms with E-state index < -0.39 is 11.9 Å². The molecule has 80 valence electrons. The highest BCUT2D eigenvalue weighted by Gasteiger charge is 2.37. The van der Waals surface area contributed by atoms with Crippen molar-refractivity contribution in [2.24, 2.45) is 0 Å². The molecular formula is C11H12O4. The number of ether oxygens (including phenoxy) is 2. The fourth-order valence-corrected chi connectivity index (χ4v) is 1.97. The van der Waals surface area contributed by atoms with Crippen LogP contribution in [0.3, 0.4) is 0 Å². The Bertz CT molecular complexity index is 411. The lowest BCUT2D eigenvalue weighted by Crippen LogP contribution is -2.26. The van der Waals surface area contributed by atoms with Gasteiger partial charge in [-0.2, -0.15) is 0 Å². The first kappa shape index (κ1) is 9.83. The van der Waals surface area contributed by atoms with E-state index in [0.29, 0.717) is 12.2 Å². The lowest BCUT2D eigenvalue weighted by atomic mass is 9.76. The number of hydrogen-bond acceptors (Lipinski definition) is 3. The molecule has 1 unspecified atom stereocenters. The summed E-state index contributed by atoms with van der Waals surface area (Å²) in [5.74, 6) is 0.104. The maximum Gasteiger partial charge on any atom is 0.311 e. The molecule has 4 nitrogen and oxygen atoms in total. The average Bonchev–Trinajstić information content (AvgIpc) is 2.17. The highest BCUT2D eigenvalue weighted by Crippen LogP contribution is 2.46. The molecule has 0 spiro atoms. The van der Waals surface area contributed by atoms with Crippen LogP contribution in [-0.4, -0.2) is 25.3 Å². The monoisotopic (exact) mass is 208 g/mol. The predicted molar refractivity (Wildman–Crippen MR) is 53.6 cm³/mol. The second-order valence-corrected chi connectivity index (χ2v) is 3.46. The predicted octanol–water partition coefficient (Wildman–Crippen LogP) is 1.43. The van der Waals surface area contributed by atoms with Crippen LogP contribution in [0.2, 0.25) is 0 Å². The Hall–Kier alpha value is -1.71. The fourth-order valence-electron chi connectivity index (χ4n) is 1.97. The Labute approximate surface area is 87.4 Å². The van der Waals surface area contributed by atoms with E-state index in [-0.39, 0.29) is 0 Å². The van der Waals surface area contributed by atoms with Crippen LogP contribution in [0.25, 0.3) is 0 Å². The average molecular weight is 208 g/mol. The van der Waals surface area contributed by atoms with Gasteiger partial charge >= 0.3 is 5.97 Å². The number of rotatable bonds is 3. The van der Waals surface area contributed by atoms with Crippen LogP contribution < -0.4 is 9.47 Å². The molecule has 0 amide bonds. The van der Waals surface area contributed by atoms with Crippen molar-refractivity contribution in [3.63, 3.8) is 0 Å². The van der Waals surface area contributed by atoms with Crippen LogP contribution in [0, 0.1) is 0 Å². The molecule has 0 heterocycles. The lowest BCUT2D eigenvalue weighted by Gasteiger charge is -2.30. The molecule has 0 aromatic heterocycles. The number of fused-ring (bicyclic) bond motifs is 1. The third kappa shape index (κ3) is 1.33. The van der Waals surface area contributed by atoms with E-state index in [0.717, 1.165) is 16.9 Å². The van der Waals surface area contributed by atoms with Crippen molar-refractivity contribution in [3.8, 4) is 11.5 Å². The number of carboxylic acids is 1. The quantitative estimate of drug-likeness (QED) is 0.816. The maximum atomic E-state index is 10.9. The Morgan fingerprint density at radius 1 is 1.33 bits per heavy atom. The van der Waals surface area contributed by atoms with Gasteiger partial charge in [0.15, 0.2) is 0 Å². The second-order valence-electron chi connectivity index (χ2n) is 3.46. The summed E-state index contributed by atoms with van der Waals surface area (Å²) in [6.45, 7) is 0. The minimum Gasteiger partial charge on any atom is -0.496 e. The summed E-state index contributed by atoms with van der Waals surface area (Å²) in [6.07, 6.45) is 0.519. The molecule has 1 aromatic carbocycles. The van der Waals surface area contributed by atoms with Crippen LogP contribution in [0.1, 0.15) is 17.0 Å². The van der Waals surface area contributed by atoms with Crippen LogP contribution >= 0.6 is 0 Å². The van der Waals surface area contributed by atoms with Gasteiger partial charge in [-0.1, -0.05) is 0 Å². The van der Waals surface area contributed by atoms with Crippen LogP contribution in [-0.2, 0) is 11.2 Å². The van der Waals surface area contributed by atoms with Crippen molar-refractivity contribution >= 4 is 5.97 Å². The molecule has 1 aliphatic rings. The minimum atomic E-state index is -0.811. The second kappa shape index (κ2) is 3.46. The summed E-state index contributed by atoms with van der Waals surface area (Å²) in [6, 6.07) is 3.54. The first-order valence-electron chi connectivity index (χ1n) is 4.65. The number of carboxylic acid groups (broad SMARTS) is 1. The third-order valence-corrected chi connectivity index (χ3v) is 2.77. The van der Waals surface area contributed by atoms with Gasteiger partial charge in [-0.3, -0.25) is 4.79 Å². The van der Waals surface area contributed by atoms with E-state index in [1.807, 2.05) is 0 Å². The smallest absolute Gasteiger partial charge is 0.311 e. The Morgan fingerprint density at radius 3 is 2.47 bits per heavy atom. The van der Waals surface area contributed by atoms with E-state index in [9.17, 15) is 4.79 Å². The number of benzene rings is 1. The minimum absolute atomic E-state index is 0.454. The van der Waals surface area contributed by atoms with E-state index >= 15 is 0 Å². The lowest BCUT2D eigenvalue weighted by molar-refractivity contribution is -0.139. The van der Waals surface area contributed by atoms with Gasteiger partial charge in [-0.05, 0) is 18.6 Å². The van der Waals surface area contributed by atoms with Crippen molar-refractivity contribution in [2.75, 3.05) is 14.2 Å². The molecule has 1 aliphatic carbocycles. The summed E-state index contributed by atoms with van der Waals surface area (Å²) < 4.78 is 10.3. The van der Waals surface area contributed by atoms with Crippen LogP contribution in [0.5, 0.6) is 11.5 Å². The molecule has 4 heteroatoms. The number of hydrogen-bond donors (Lipinski definition) is 1. The topological polar surface area (TPSA) is 55.8 Å². The Balaban J connectivity index is 2.49. The summed E-state index contributed by atoms with van der Waals surface area (Å²) in [7, 11) is 3.12. The van der Waals surface area contributed by atoms with Gasteiger partial charge < -0.3 is 14.6 Å². The number of methoxy groups -OCH3 is 2. The van der Waals surface area contributed by atoms with E-state index in [1.54, 1.807) is 26.4 Å². The van der Waals surface area contributed by atoms with Gasteiger partial charge in [0.2, 0.25) is 0 Å². The zero-order valence-corrected chi connectivity index (χ0v) is 8.61. The third-order valence-electron chi connectivity index (χ3n) is 2.77. The standard InChI is InChI=1S/C11H12O4/c1-14-8-3-4-9(15-2)10-6(8)5-7(10)11(12)13/h3-4,7H,5H2,1-2H3,(H,12,13). The molecular weight excluding hydrogens is 196 g/mol. The summed E-state index contributed by atoms with van der Waals surface area (Å²) in [5.41, 5.74) is 1.70. The molecule has 15 heavy (non-hydrogen) atoms. The number of aliphatic carboxylic acids is 1. The zero-order chi connectivity index (χ0) is 11.0. The van der Waals surface area contributed by atoms with E-state index in [2.05, 4.69) is 0 Å². The van der Waals surface area contributed by atoms with E-state index in [4.69, 9.17) is 14.6 Å². The SMILES string of the molecule is COc1ccc(OC)c2c1CC2C(=O)O. The van der Waals surface area contributed by atoms with Gasteiger partial charge in [-0.15, -0.1) is 0 Å². The molecule has 0 saturated carbocycles. The zero-order valence-electron chi connectivity index (χ0n) is 8.61. The first-order chi connectivity index (χ1) is 7.19. The van der Waals surface area contributed by atoms with Crippen LogP contribution in [0.4, 0.5) is 0 Å². The summed E-state index contributed by atoms with van der Waals surface area (Å²) in [5, 5.41) is 8.97. The van der Waals surface area contributed by atoms with Crippen molar-refractivity contribution in [1.82, 2.24) is 0 Å². The highest BCUT2D eigenvalue weighted by atomic mass is 16.5. The molecule has 0 saturated heterocycles. The fraction of sp³-hybridized carbons (Fsp3) is 0.364. The molecule has 1 atom stereocenters. The summed E-state index contributed by atoms with van der Waals surface area (Å²) in [4.78, 5) is 10.9. The van der Waals surface area contributed by atoms with Crippen molar-refractivity contribution in [3.05, 3.63) is 23.3 Å². The van der Waals surface area contributed by atoms with Crippen molar-refractivity contribution < 1.29 is 19.4 Å². The summed E-state index contributed by atoms with van der Waals surface area (Å²) >= 11 is 0.